The first kappa shape index (κ1) is 14.3. The summed E-state index contributed by atoms with van der Waals surface area (Å²) in [5.41, 5.74) is 1.05. The Morgan fingerprint density at radius 2 is 1.74 bits per heavy atom. The SMILES string of the molecule is Cc1cc(NC2CC(C)CC(C)C2)nc(C(C)C)n1. The van der Waals surface area contributed by atoms with Crippen molar-refractivity contribution in [2.45, 2.75) is 65.8 Å². The van der Waals surface area contributed by atoms with E-state index < -0.39 is 0 Å². The molecule has 3 heteroatoms. The van der Waals surface area contributed by atoms with Crippen molar-refractivity contribution in [3.05, 3.63) is 17.6 Å². The quantitative estimate of drug-likeness (QED) is 0.888. The van der Waals surface area contributed by atoms with Crippen molar-refractivity contribution in [2.75, 3.05) is 5.32 Å². The summed E-state index contributed by atoms with van der Waals surface area (Å²) in [5.74, 6) is 3.95. The van der Waals surface area contributed by atoms with Crippen molar-refractivity contribution in [2.24, 2.45) is 11.8 Å². The first-order valence-corrected chi connectivity index (χ1v) is 7.56. The fraction of sp³-hybridized carbons (Fsp3) is 0.750. The average Bonchev–Trinajstić information content (AvgIpc) is 2.26. The Morgan fingerprint density at radius 3 is 2.32 bits per heavy atom. The maximum atomic E-state index is 4.66. The number of nitrogens with zero attached hydrogens (tertiary/aromatic N) is 2. The normalized spacial score (nSPS) is 27.6. The van der Waals surface area contributed by atoms with Crippen LogP contribution in [0.25, 0.3) is 0 Å². The van der Waals surface area contributed by atoms with Crippen LogP contribution < -0.4 is 5.32 Å². The molecular formula is C16H27N3. The van der Waals surface area contributed by atoms with Crippen LogP contribution in [-0.4, -0.2) is 16.0 Å². The number of rotatable bonds is 3. The maximum absolute atomic E-state index is 4.66. The van der Waals surface area contributed by atoms with Crippen LogP contribution in [0.3, 0.4) is 0 Å². The minimum Gasteiger partial charge on any atom is -0.367 e. The second kappa shape index (κ2) is 5.89. The molecule has 2 rings (SSSR count). The first-order chi connectivity index (χ1) is 8.94. The van der Waals surface area contributed by atoms with Crippen LogP contribution >= 0.6 is 0 Å². The Bertz CT molecular complexity index is 418. The molecular weight excluding hydrogens is 234 g/mol. The van der Waals surface area contributed by atoms with Gasteiger partial charge in [-0.25, -0.2) is 9.97 Å². The lowest BCUT2D eigenvalue weighted by Gasteiger charge is -2.32. The molecule has 0 amide bonds. The summed E-state index contributed by atoms with van der Waals surface area (Å²) in [6.45, 7) is 11.0. The predicted octanol–water partition coefficient (Wildman–Crippen LogP) is 4.15. The van der Waals surface area contributed by atoms with Gasteiger partial charge in [-0.2, -0.15) is 0 Å². The van der Waals surface area contributed by atoms with Crippen molar-refractivity contribution in [1.29, 1.82) is 0 Å². The molecule has 3 nitrogen and oxygen atoms in total. The van der Waals surface area contributed by atoms with Gasteiger partial charge in [0.2, 0.25) is 0 Å². The number of nitrogens with one attached hydrogen (secondary N) is 1. The van der Waals surface area contributed by atoms with E-state index in [0.717, 1.165) is 29.2 Å². The van der Waals surface area contributed by atoms with Gasteiger partial charge in [-0.15, -0.1) is 0 Å². The molecule has 106 valence electrons. The predicted molar refractivity (Wildman–Crippen MR) is 80.4 cm³/mol. The van der Waals surface area contributed by atoms with E-state index in [2.05, 4.69) is 49.0 Å². The number of anilines is 1. The molecule has 0 aromatic carbocycles. The summed E-state index contributed by atoms with van der Waals surface area (Å²) in [6.07, 6.45) is 3.87. The van der Waals surface area contributed by atoms with Gasteiger partial charge in [-0.1, -0.05) is 27.7 Å². The van der Waals surface area contributed by atoms with Gasteiger partial charge in [0.25, 0.3) is 0 Å². The summed E-state index contributed by atoms with van der Waals surface area (Å²) in [5, 5.41) is 3.63. The minimum atomic E-state index is 0.379. The fourth-order valence-corrected chi connectivity index (χ4v) is 3.20. The summed E-state index contributed by atoms with van der Waals surface area (Å²) < 4.78 is 0. The highest BCUT2D eigenvalue weighted by Crippen LogP contribution is 2.30. The third-order valence-electron chi connectivity index (χ3n) is 3.92. The Hall–Kier alpha value is -1.12. The molecule has 1 N–H and O–H groups in total. The van der Waals surface area contributed by atoms with E-state index in [1.54, 1.807) is 0 Å². The molecule has 2 unspecified atom stereocenters. The van der Waals surface area contributed by atoms with Crippen LogP contribution in [0.5, 0.6) is 0 Å². The Labute approximate surface area is 117 Å². The van der Waals surface area contributed by atoms with Crippen molar-refractivity contribution >= 4 is 5.82 Å². The molecule has 0 radical (unpaired) electrons. The third kappa shape index (κ3) is 3.92. The highest BCUT2D eigenvalue weighted by molar-refractivity contribution is 5.37. The highest BCUT2D eigenvalue weighted by atomic mass is 15.1. The van der Waals surface area contributed by atoms with Crippen LogP contribution in [0.2, 0.25) is 0 Å². The van der Waals surface area contributed by atoms with E-state index >= 15 is 0 Å². The largest absolute Gasteiger partial charge is 0.367 e. The molecule has 1 saturated carbocycles. The van der Waals surface area contributed by atoms with Crippen LogP contribution in [-0.2, 0) is 0 Å². The number of aryl methyl sites for hydroxylation is 1. The zero-order valence-electron chi connectivity index (χ0n) is 12.9. The summed E-state index contributed by atoms with van der Waals surface area (Å²) in [6, 6.07) is 2.63. The van der Waals surface area contributed by atoms with Crippen LogP contribution in [0.15, 0.2) is 6.07 Å². The van der Waals surface area contributed by atoms with Crippen molar-refractivity contribution in [3.63, 3.8) is 0 Å². The van der Waals surface area contributed by atoms with Gasteiger partial charge >= 0.3 is 0 Å². The molecule has 0 saturated heterocycles. The van der Waals surface area contributed by atoms with Gasteiger partial charge in [0.15, 0.2) is 0 Å². The van der Waals surface area contributed by atoms with Gasteiger partial charge in [-0.3, -0.25) is 0 Å². The monoisotopic (exact) mass is 261 g/mol. The lowest BCUT2D eigenvalue weighted by atomic mass is 9.80. The zero-order chi connectivity index (χ0) is 14.0. The molecule has 0 bridgehead atoms. The lowest BCUT2D eigenvalue weighted by Crippen LogP contribution is -2.30. The standard InChI is InChI=1S/C16H27N3/c1-10(2)16-17-13(5)9-15(19-16)18-14-7-11(3)6-12(4)8-14/h9-12,14H,6-8H2,1-5H3,(H,17,18,19). The van der Waals surface area contributed by atoms with E-state index in [1.807, 2.05) is 6.92 Å². The smallest absolute Gasteiger partial charge is 0.133 e. The molecule has 1 aliphatic carbocycles. The molecule has 1 aromatic rings. The number of hydrogen-bond donors (Lipinski definition) is 1. The van der Waals surface area contributed by atoms with Gasteiger partial charge in [0, 0.05) is 23.7 Å². The van der Waals surface area contributed by atoms with Gasteiger partial charge in [-0.05, 0) is 38.0 Å². The summed E-state index contributed by atoms with van der Waals surface area (Å²) >= 11 is 0. The Morgan fingerprint density at radius 1 is 1.11 bits per heavy atom. The number of hydrogen-bond acceptors (Lipinski definition) is 3. The van der Waals surface area contributed by atoms with Crippen LogP contribution in [0.1, 0.15) is 64.4 Å². The topological polar surface area (TPSA) is 37.8 Å². The van der Waals surface area contributed by atoms with Crippen LogP contribution in [0.4, 0.5) is 5.82 Å². The van der Waals surface area contributed by atoms with Crippen LogP contribution in [0, 0.1) is 18.8 Å². The summed E-state index contributed by atoms with van der Waals surface area (Å²) in [4.78, 5) is 9.16. The van der Waals surface area contributed by atoms with E-state index in [-0.39, 0.29) is 0 Å². The average molecular weight is 261 g/mol. The second-order valence-corrected chi connectivity index (χ2v) is 6.67. The van der Waals surface area contributed by atoms with E-state index in [0.29, 0.717) is 12.0 Å². The molecule has 1 fully saturated rings. The fourth-order valence-electron chi connectivity index (χ4n) is 3.20. The molecule has 1 heterocycles. The first-order valence-electron chi connectivity index (χ1n) is 7.56. The molecule has 0 spiro atoms. The molecule has 0 aliphatic heterocycles. The zero-order valence-corrected chi connectivity index (χ0v) is 12.9. The van der Waals surface area contributed by atoms with Crippen molar-refractivity contribution in [1.82, 2.24) is 9.97 Å². The molecule has 19 heavy (non-hydrogen) atoms. The second-order valence-electron chi connectivity index (χ2n) is 6.67. The summed E-state index contributed by atoms with van der Waals surface area (Å²) in [7, 11) is 0. The van der Waals surface area contributed by atoms with Gasteiger partial charge in [0.05, 0.1) is 0 Å². The van der Waals surface area contributed by atoms with E-state index in [9.17, 15) is 0 Å². The Kier molecular flexibility index (Phi) is 4.43. The molecule has 2 atom stereocenters. The third-order valence-corrected chi connectivity index (χ3v) is 3.92. The van der Waals surface area contributed by atoms with E-state index in [4.69, 9.17) is 0 Å². The minimum absolute atomic E-state index is 0.379. The maximum Gasteiger partial charge on any atom is 0.133 e. The van der Waals surface area contributed by atoms with Gasteiger partial charge < -0.3 is 5.32 Å². The highest BCUT2D eigenvalue weighted by Gasteiger charge is 2.24. The van der Waals surface area contributed by atoms with Gasteiger partial charge in [0.1, 0.15) is 11.6 Å². The number of aromatic nitrogens is 2. The van der Waals surface area contributed by atoms with Crippen molar-refractivity contribution < 1.29 is 0 Å². The Balaban J connectivity index is 2.10. The molecule has 1 aromatic heterocycles. The lowest BCUT2D eigenvalue weighted by molar-refractivity contribution is 0.280. The van der Waals surface area contributed by atoms with Crippen molar-refractivity contribution in [3.8, 4) is 0 Å². The molecule has 1 aliphatic rings. The van der Waals surface area contributed by atoms with E-state index in [1.165, 1.54) is 19.3 Å².